The van der Waals surface area contributed by atoms with E-state index in [4.69, 9.17) is 0 Å². The van der Waals surface area contributed by atoms with Gasteiger partial charge in [-0.1, -0.05) is 6.07 Å². The van der Waals surface area contributed by atoms with Crippen LogP contribution in [-0.4, -0.2) is 10.4 Å². The summed E-state index contributed by atoms with van der Waals surface area (Å²) in [5.41, 5.74) is 0.641. The van der Waals surface area contributed by atoms with Gasteiger partial charge in [-0.3, -0.25) is 0 Å². The van der Waals surface area contributed by atoms with E-state index in [0.29, 0.717) is 15.7 Å². The van der Waals surface area contributed by atoms with Gasteiger partial charge in [0.2, 0.25) is 0 Å². The van der Waals surface area contributed by atoms with E-state index in [1.165, 1.54) is 18.9 Å². The van der Waals surface area contributed by atoms with Crippen molar-refractivity contribution in [2.75, 3.05) is 0 Å². The lowest BCUT2D eigenvalue weighted by atomic mass is 10.1. The summed E-state index contributed by atoms with van der Waals surface area (Å²) in [6.45, 7) is 1.64. The fraction of sp³-hybridized carbons (Fsp3) is 0.455. The lowest BCUT2D eigenvalue weighted by molar-refractivity contribution is 0.198. The lowest BCUT2D eigenvalue weighted by Gasteiger charge is -2.07. The molecular formula is C11H13FOS. The molecule has 0 radical (unpaired) electrons. The number of rotatable bonds is 3. The van der Waals surface area contributed by atoms with E-state index >= 15 is 0 Å². The fourth-order valence-corrected chi connectivity index (χ4v) is 2.29. The molecule has 76 valence electrons. The molecule has 1 aromatic rings. The topological polar surface area (TPSA) is 20.2 Å². The van der Waals surface area contributed by atoms with Crippen LogP contribution in [0.2, 0.25) is 0 Å². The van der Waals surface area contributed by atoms with E-state index < -0.39 is 6.10 Å². The van der Waals surface area contributed by atoms with Crippen LogP contribution in [0.4, 0.5) is 4.39 Å². The summed E-state index contributed by atoms with van der Waals surface area (Å²) in [6.07, 6.45) is 1.80. The smallest absolute Gasteiger partial charge is 0.137 e. The van der Waals surface area contributed by atoms with Crippen molar-refractivity contribution in [3.8, 4) is 0 Å². The van der Waals surface area contributed by atoms with Gasteiger partial charge in [-0.15, -0.1) is 11.8 Å². The summed E-state index contributed by atoms with van der Waals surface area (Å²) in [4.78, 5) is 0.705. The maximum atomic E-state index is 13.5. The number of benzene rings is 1. The van der Waals surface area contributed by atoms with E-state index in [9.17, 15) is 9.50 Å². The maximum Gasteiger partial charge on any atom is 0.137 e. The van der Waals surface area contributed by atoms with Crippen LogP contribution >= 0.6 is 11.8 Å². The standard InChI is InChI=1S/C11H13FOS/c1-7(13)8-2-5-11(10(12)6-8)14-9-3-4-9/h2,5-7,9,13H,3-4H2,1H3. The first-order valence-electron chi connectivity index (χ1n) is 4.81. The Kier molecular flexibility index (Phi) is 2.79. The van der Waals surface area contributed by atoms with Gasteiger partial charge in [0, 0.05) is 10.1 Å². The number of hydrogen-bond acceptors (Lipinski definition) is 2. The Morgan fingerprint density at radius 2 is 2.21 bits per heavy atom. The Bertz CT molecular complexity index is 334. The molecule has 1 atom stereocenters. The Balaban J connectivity index is 2.17. The van der Waals surface area contributed by atoms with Crippen LogP contribution in [-0.2, 0) is 0 Å². The number of aliphatic hydroxyl groups is 1. The third kappa shape index (κ3) is 2.28. The third-order valence-corrected chi connectivity index (χ3v) is 3.65. The minimum atomic E-state index is -0.593. The molecule has 14 heavy (non-hydrogen) atoms. The zero-order chi connectivity index (χ0) is 10.1. The molecule has 0 bridgehead atoms. The average molecular weight is 212 g/mol. The quantitative estimate of drug-likeness (QED) is 0.830. The van der Waals surface area contributed by atoms with Crippen LogP contribution in [0.25, 0.3) is 0 Å². The highest BCUT2D eigenvalue weighted by atomic mass is 32.2. The monoisotopic (exact) mass is 212 g/mol. The Morgan fingerprint density at radius 3 is 2.71 bits per heavy atom. The van der Waals surface area contributed by atoms with Crippen LogP contribution in [0.1, 0.15) is 31.4 Å². The molecule has 2 rings (SSSR count). The SMILES string of the molecule is CC(O)c1ccc(SC2CC2)c(F)c1. The maximum absolute atomic E-state index is 13.5. The second-order valence-corrected chi connectivity index (χ2v) is 5.03. The average Bonchev–Trinajstić information content (AvgIpc) is 2.92. The molecule has 0 saturated heterocycles. The molecule has 0 spiro atoms. The molecule has 0 aromatic heterocycles. The second kappa shape index (κ2) is 3.91. The van der Waals surface area contributed by atoms with Crippen LogP contribution in [0.15, 0.2) is 23.1 Å². The van der Waals surface area contributed by atoms with E-state index in [2.05, 4.69) is 0 Å². The van der Waals surface area contributed by atoms with Crippen molar-refractivity contribution in [2.45, 2.75) is 36.0 Å². The molecule has 0 aliphatic heterocycles. The Morgan fingerprint density at radius 1 is 1.50 bits per heavy atom. The minimum Gasteiger partial charge on any atom is -0.389 e. The zero-order valence-electron chi connectivity index (χ0n) is 8.03. The number of halogens is 1. The van der Waals surface area contributed by atoms with Crippen molar-refractivity contribution in [1.82, 2.24) is 0 Å². The minimum absolute atomic E-state index is 0.208. The van der Waals surface area contributed by atoms with Gasteiger partial charge in [-0.25, -0.2) is 4.39 Å². The van der Waals surface area contributed by atoms with Crippen LogP contribution in [0.3, 0.4) is 0 Å². The summed E-state index contributed by atoms with van der Waals surface area (Å²) in [5, 5.41) is 9.87. The third-order valence-electron chi connectivity index (χ3n) is 2.26. The van der Waals surface area contributed by atoms with Gasteiger partial charge in [0.05, 0.1) is 6.10 Å². The summed E-state index contributed by atoms with van der Waals surface area (Å²) in [5.74, 6) is -0.208. The number of thioether (sulfide) groups is 1. The molecule has 0 heterocycles. The summed E-state index contributed by atoms with van der Waals surface area (Å²) in [6, 6.07) is 4.98. The predicted octanol–water partition coefficient (Wildman–Crippen LogP) is 3.13. The molecule has 3 heteroatoms. The highest BCUT2D eigenvalue weighted by Gasteiger charge is 2.23. The van der Waals surface area contributed by atoms with Crippen molar-refractivity contribution < 1.29 is 9.50 Å². The zero-order valence-corrected chi connectivity index (χ0v) is 8.85. The molecule has 1 aliphatic carbocycles. The van der Waals surface area contributed by atoms with Gasteiger partial charge >= 0.3 is 0 Å². The first-order valence-corrected chi connectivity index (χ1v) is 5.69. The summed E-state index contributed by atoms with van der Waals surface area (Å²) < 4.78 is 13.5. The van der Waals surface area contributed by atoms with E-state index in [1.54, 1.807) is 30.8 Å². The molecule has 1 aromatic carbocycles. The highest BCUT2D eigenvalue weighted by molar-refractivity contribution is 8.00. The van der Waals surface area contributed by atoms with Crippen LogP contribution in [0, 0.1) is 5.82 Å². The van der Waals surface area contributed by atoms with Gasteiger partial charge in [0.1, 0.15) is 5.82 Å². The first-order chi connectivity index (χ1) is 6.66. The molecule has 1 unspecified atom stereocenters. The molecule has 0 amide bonds. The van der Waals surface area contributed by atoms with Crippen molar-refractivity contribution in [3.63, 3.8) is 0 Å². The largest absolute Gasteiger partial charge is 0.389 e. The highest BCUT2D eigenvalue weighted by Crippen LogP contribution is 2.40. The number of hydrogen-bond donors (Lipinski definition) is 1. The molecule has 1 N–H and O–H groups in total. The van der Waals surface area contributed by atoms with Crippen LogP contribution < -0.4 is 0 Å². The van der Waals surface area contributed by atoms with E-state index in [1.807, 2.05) is 0 Å². The van der Waals surface area contributed by atoms with Crippen molar-refractivity contribution in [3.05, 3.63) is 29.6 Å². The van der Waals surface area contributed by atoms with Gasteiger partial charge in [0.25, 0.3) is 0 Å². The normalized spacial score (nSPS) is 18.2. The molecular weight excluding hydrogens is 199 g/mol. The van der Waals surface area contributed by atoms with Gasteiger partial charge < -0.3 is 5.11 Å². The Labute approximate surface area is 87.3 Å². The van der Waals surface area contributed by atoms with Crippen LogP contribution in [0.5, 0.6) is 0 Å². The molecule has 1 aliphatic rings. The molecule has 1 nitrogen and oxygen atoms in total. The fourth-order valence-electron chi connectivity index (χ4n) is 1.24. The Hall–Kier alpha value is -0.540. The summed E-state index contributed by atoms with van der Waals surface area (Å²) >= 11 is 1.60. The summed E-state index contributed by atoms with van der Waals surface area (Å²) in [7, 11) is 0. The van der Waals surface area contributed by atoms with Crippen molar-refractivity contribution in [1.29, 1.82) is 0 Å². The van der Waals surface area contributed by atoms with Crippen molar-refractivity contribution in [2.24, 2.45) is 0 Å². The second-order valence-electron chi connectivity index (χ2n) is 3.68. The first kappa shape index (κ1) is 9.99. The predicted molar refractivity (Wildman–Crippen MR) is 55.9 cm³/mol. The van der Waals surface area contributed by atoms with Gasteiger partial charge in [-0.2, -0.15) is 0 Å². The van der Waals surface area contributed by atoms with Crippen molar-refractivity contribution >= 4 is 11.8 Å². The van der Waals surface area contributed by atoms with Gasteiger partial charge in [0.15, 0.2) is 0 Å². The molecule has 1 saturated carbocycles. The van der Waals surface area contributed by atoms with E-state index in [-0.39, 0.29) is 5.82 Å². The van der Waals surface area contributed by atoms with Gasteiger partial charge in [-0.05, 0) is 37.5 Å². The lowest BCUT2D eigenvalue weighted by Crippen LogP contribution is -1.93. The molecule has 1 fully saturated rings. The van der Waals surface area contributed by atoms with E-state index in [0.717, 1.165) is 0 Å². The number of aliphatic hydroxyl groups excluding tert-OH is 1.